The second-order valence-electron chi connectivity index (χ2n) is 8.93. The van der Waals surface area contributed by atoms with Crippen LogP contribution in [0.5, 0.6) is 11.5 Å². The standard InChI is InChI=1S/C27H18Cl4N2O6/c1-12-8-16(39-27(37)13-9-18(34)32(11-13)14-4-3-5-15(10-14)38-2)6-7-17(12)33-25(35)19-20(26(33)36)22(29)24(31)23(30)21(19)28/h3-8,10,13H,9,11H2,1-2H3/t13-/m1/s1. The van der Waals surface area contributed by atoms with Gasteiger partial charge in [0.1, 0.15) is 11.5 Å². The summed E-state index contributed by atoms with van der Waals surface area (Å²) in [4.78, 5) is 54.3. The van der Waals surface area contributed by atoms with Gasteiger partial charge < -0.3 is 14.4 Å². The maximum absolute atomic E-state index is 13.2. The highest BCUT2D eigenvalue weighted by atomic mass is 35.5. The predicted molar refractivity (Wildman–Crippen MR) is 148 cm³/mol. The van der Waals surface area contributed by atoms with Crippen LogP contribution < -0.4 is 19.3 Å². The molecule has 39 heavy (non-hydrogen) atoms. The van der Waals surface area contributed by atoms with Gasteiger partial charge in [-0.25, -0.2) is 4.90 Å². The maximum Gasteiger partial charge on any atom is 0.316 e. The van der Waals surface area contributed by atoms with Crippen molar-refractivity contribution in [3.8, 4) is 11.5 Å². The van der Waals surface area contributed by atoms with Crippen LogP contribution in [0.4, 0.5) is 11.4 Å². The quantitative estimate of drug-likeness (QED) is 0.110. The number of anilines is 2. The SMILES string of the molecule is COc1cccc(N2C[C@H](C(=O)Oc3ccc(N4C(=O)c5c(Cl)c(Cl)c(Cl)c(Cl)c5C4=O)c(C)c3)CC2=O)c1. The molecule has 0 aromatic heterocycles. The molecule has 0 saturated carbocycles. The summed E-state index contributed by atoms with van der Waals surface area (Å²) in [6, 6.07) is 11.4. The molecule has 2 aliphatic heterocycles. The van der Waals surface area contributed by atoms with E-state index in [4.69, 9.17) is 55.9 Å². The lowest BCUT2D eigenvalue weighted by atomic mass is 10.1. The average molecular weight is 608 g/mol. The molecule has 12 heteroatoms. The van der Waals surface area contributed by atoms with E-state index in [1.807, 2.05) is 0 Å². The molecule has 1 saturated heterocycles. The van der Waals surface area contributed by atoms with E-state index in [1.165, 1.54) is 30.2 Å². The second kappa shape index (κ2) is 10.4. The molecule has 5 rings (SSSR count). The Morgan fingerprint density at radius 3 is 2.10 bits per heavy atom. The minimum Gasteiger partial charge on any atom is -0.497 e. The van der Waals surface area contributed by atoms with Crippen LogP contribution in [0.25, 0.3) is 0 Å². The Morgan fingerprint density at radius 2 is 1.51 bits per heavy atom. The number of amides is 3. The molecular weight excluding hydrogens is 590 g/mol. The molecule has 3 amide bonds. The molecule has 200 valence electrons. The number of esters is 1. The number of fused-ring (bicyclic) bond motifs is 1. The van der Waals surface area contributed by atoms with Gasteiger partial charge in [0.25, 0.3) is 11.8 Å². The third-order valence-corrected chi connectivity index (χ3v) is 8.35. The molecule has 0 bridgehead atoms. The summed E-state index contributed by atoms with van der Waals surface area (Å²) in [6.07, 6.45) is -0.00517. The van der Waals surface area contributed by atoms with E-state index in [9.17, 15) is 19.2 Å². The number of methoxy groups -OCH3 is 1. The average Bonchev–Trinajstić information content (AvgIpc) is 3.43. The minimum absolute atomic E-state index is 0.00517. The van der Waals surface area contributed by atoms with Gasteiger partial charge >= 0.3 is 5.97 Å². The maximum atomic E-state index is 13.2. The molecule has 0 aliphatic carbocycles. The number of halogens is 4. The van der Waals surface area contributed by atoms with Crippen molar-refractivity contribution in [1.82, 2.24) is 0 Å². The molecule has 0 unspecified atom stereocenters. The summed E-state index contributed by atoms with van der Waals surface area (Å²) in [5.41, 5.74) is 1.05. The van der Waals surface area contributed by atoms with Crippen LogP contribution in [0.3, 0.4) is 0 Å². The molecule has 1 atom stereocenters. The first-order chi connectivity index (χ1) is 18.5. The Hall–Kier alpha value is -3.30. The van der Waals surface area contributed by atoms with E-state index in [0.717, 1.165) is 4.90 Å². The molecular formula is C27H18Cl4N2O6. The summed E-state index contributed by atoms with van der Waals surface area (Å²) in [5.74, 6) is -2.11. The number of nitrogens with zero attached hydrogens (tertiary/aromatic N) is 2. The van der Waals surface area contributed by atoms with E-state index in [0.29, 0.717) is 17.0 Å². The number of carbonyl (C=O) groups is 4. The monoisotopic (exact) mass is 606 g/mol. The number of imide groups is 1. The number of benzene rings is 3. The van der Waals surface area contributed by atoms with Gasteiger partial charge in [-0.15, -0.1) is 0 Å². The summed E-state index contributed by atoms with van der Waals surface area (Å²) in [5, 5.41) is -0.586. The van der Waals surface area contributed by atoms with E-state index in [-0.39, 0.29) is 61.5 Å². The number of rotatable bonds is 5. The Labute approximate surface area is 242 Å². The number of hydrogen-bond donors (Lipinski definition) is 0. The zero-order valence-corrected chi connectivity index (χ0v) is 23.4. The smallest absolute Gasteiger partial charge is 0.316 e. The van der Waals surface area contributed by atoms with Gasteiger partial charge in [0, 0.05) is 24.7 Å². The minimum atomic E-state index is -0.713. The van der Waals surface area contributed by atoms with Crippen molar-refractivity contribution >= 4 is 81.5 Å². The normalized spacial score (nSPS) is 16.7. The van der Waals surface area contributed by atoms with Gasteiger partial charge in [-0.1, -0.05) is 52.5 Å². The first kappa shape index (κ1) is 27.3. The van der Waals surface area contributed by atoms with Crippen molar-refractivity contribution in [2.75, 3.05) is 23.5 Å². The zero-order chi connectivity index (χ0) is 28.2. The Kier molecular flexibility index (Phi) is 7.24. The molecule has 8 nitrogen and oxygen atoms in total. The summed E-state index contributed by atoms with van der Waals surface area (Å²) < 4.78 is 10.8. The second-order valence-corrected chi connectivity index (χ2v) is 10.4. The Bertz CT molecular complexity index is 1540. The molecule has 0 spiro atoms. The van der Waals surface area contributed by atoms with Crippen LogP contribution >= 0.6 is 46.4 Å². The van der Waals surface area contributed by atoms with Crippen LogP contribution in [-0.2, 0) is 9.59 Å². The topological polar surface area (TPSA) is 93.2 Å². The van der Waals surface area contributed by atoms with E-state index < -0.39 is 23.7 Å². The fourth-order valence-electron chi connectivity index (χ4n) is 4.60. The zero-order valence-electron chi connectivity index (χ0n) is 20.4. The molecule has 2 heterocycles. The number of hydrogen-bond acceptors (Lipinski definition) is 6. The fraction of sp³-hybridized carbons (Fsp3) is 0.185. The third kappa shape index (κ3) is 4.61. The third-order valence-electron chi connectivity index (χ3n) is 6.55. The van der Waals surface area contributed by atoms with Crippen LogP contribution in [0.2, 0.25) is 20.1 Å². The van der Waals surface area contributed by atoms with Gasteiger partial charge in [0.15, 0.2) is 0 Å². The number of carbonyl (C=O) groups excluding carboxylic acids is 4. The lowest BCUT2D eigenvalue weighted by molar-refractivity contribution is -0.139. The number of ether oxygens (including phenoxy) is 2. The van der Waals surface area contributed by atoms with Crippen LogP contribution in [-0.4, -0.2) is 37.3 Å². The lowest BCUT2D eigenvalue weighted by Crippen LogP contribution is -2.30. The van der Waals surface area contributed by atoms with Crippen LogP contribution in [0.15, 0.2) is 42.5 Å². The Morgan fingerprint density at radius 1 is 0.872 bits per heavy atom. The van der Waals surface area contributed by atoms with Gasteiger partial charge in [0.05, 0.1) is 49.9 Å². The molecule has 0 radical (unpaired) electrons. The van der Waals surface area contributed by atoms with Crippen molar-refractivity contribution in [2.45, 2.75) is 13.3 Å². The van der Waals surface area contributed by atoms with Gasteiger partial charge in [-0.3, -0.25) is 19.2 Å². The highest BCUT2D eigenvalue weighted by molar-refractivity contribution is 6.56. The van der Waals surface area contributed by atoms with E-state index >= 15 is 0 Å². The fourth-order valence-corrected chi connectivity index (χ4v) is 5.62. The molecule has 0 N–H and O–H groups in total. The highest BCUT2D eigenvalue weighted by Gasteiger charge is 2.43. The van der Waals surface area contributed by atoms with Crippen molar-refractivity contribution in [2.24, 2.45) is 5.92 Å². The van der Waals surface area contributed by atoms with Crippen molar-refractivity contribution in [1.29, 1.82) is 0 Å². The van der Waals surface area contributed by atoms with Gasteiger partial charge in [-0.05, 0) is 42.8 Å². The Balaban J connectivity index is 1.34. The molecule has 2 aliphatic rings. The van der Waals surface area contributed by atoms with Gasteiger partial charge in [0.2, 0.25) is 5.91 Å². The number of aryl methyl sites for hydroxylation is 1. The molecule has 1 fully saturated rings. The van der Waals surface area contributed by atoms with Crippen LogP contribution in [0, 0.1) is 12.8 Å². The van der Waals surface area contributed by atoms with Crippen LogP contribution in [0.1, 0.15) is 32.7 Å². The van der Waals surface area contributed by atoms with E-state index in [1.54, 1.807) is 31.2 Å². The first-order valence-corrected chi connectivity index (χ1v) is 13.1. The van der Waals surface area contributed by atoms with Crippen molar-refractivity contribution in [3.05, 3.63) is 79.2 Å². The van der Waals surface area contributed by atoms with Gasteiger partial charge in [-0.2, -0.15) is 0 Å². The molecule has 3 aromatic carbocycles. The predicted octanol–water partition coefficient (Wildman–Crippen LogP) is 6.38. The molecule has 3 aromatic rings. The largest absolute Gasteiger partial charge is 0.497 e. The summed E-state index contributed by atoms with van der Waals surface area (Å²) in [6.45, 7) is 1.80. The van der Waals surface area contributed by atoms with Crippen molar-refractivity contribution < 1.29 is 28.7 Å². The van der Waals surface area contributed by atoms with E-state index in [2.05, 4.69) is 0 Å². The lowest BCUT2D eigenvalue weighted by Gasteiger charge is -2.18. The summed E-state index contributed by atoms with van der Waals surface area (Å²) >= 11 is 24.6. The highest BCUT2D eigenvalue weighted by Crippen LogP contribution is 2.46. The first-order valence-electron chi connectivity index (χ1n) is 11.5. The summed E-state index contributed by atoms with van der Waals surface area (Å²) in [7, 11) is 1.53. The van der Waals surface area contributed by atoms with Crippen molar-refractivity contribution in [3.63, 3.8) is 0 Å².